The normalized spacial score (nSPS) is 26.9. The number of nitrogen functional groups attached to an aromatic ring is 1. The van der Waals surface area contributed by atoms with Gasteiger partial charge in [-0.1, -0.05) is 0 Å². The van der Waals surface area contributed by atoms with E-state index in [9.17, 15) is 4.79 Å². The fourth-order valence-electron chi connectivity index (χ4n) is 3.80. The zero-order valence-corrected chi connectivity index (χ0v) is 13.6. The first-order chi connectivity index (χ1) is 11.2. The number of hydrogen-bond donors (Lipinski definition) is 2. The first-order valence-electron chi connectivity index (χ1n) is 8.87. The molecule has 0 radical (unpaired) electrons. The summed E-state index contributed by atoms with van der Waals surface area (Å²) in [7, 11) is 0. The van der Waals surface area contributed by atoms with Crippen molar-refractivity contribution in [3.05, 3.63) is 23.8 Å². The summed E-state index contributed by atoms with van der Waals surface area (Å²) < 4.78 is 0. The number of fused-ring (bicyclic) bond motifs is 4. The first kappa shape index (κ1) is 14.8. The molecule has 4 fully saturated rings. The third-order valence-electron chi connectivity index (χ3n) is 5.52. The average Bonchev–Trinajstić information content (AvgIpc) is 3.41. The molecule has 4 aliphatic rings. The van der Waals surface area contributed by atoms with E-state index in [4.69, 9.17) is 5.73 Å². The van der Waals surface area contributed by atoms with Crippen LogP contribution in [-0.2, 0) is 0 Å². The second-order valence-electron chi connectivity index (χ2n) is 7.19. The summed E-state index contributed by atoms with van der Waals surface area (Å²) in [6.07, 6.45) is 4.91. The Hall–Kier alpha value is -1.75. The molecule has 0 atom stereocenters. The molecule has 5 heteroatoms. The van der Waals surface area contributed by atoms with Crippen molar-refractivity contribution in [2.24, 2.45) is 5.92 Å². The highest BCUT2D eigenvalue weighted by atomic mass is 16.1. The van der Waals surface area contributed by atoms with Crippen LogP contribution in [0.2, 0.25) is 0 Å². The van der Waals surface area contributed by atoms with Crippen molar-refractivity contribution < 1.29 is 4.79 Å². The molecule has 3 heterocycles. The maximum atomic E-state index is 12.4. The molecular weight excluding hydrogens is 288 g/mol. The Morgan fingerprint density at radius 3 is 2.65 bits per heavy atom. The molecule has 5 rings (SSSR count). The topological polar surface area (TPSA) is 61.6 Å². The van der Waals surface area contributed by atoms with Gasteiger partial charge in [-0.3, -0.25) is 4.79 Å². The van der Waals surface area contributed by atoms with E-state index in [2.05, 4.69) is 21.2 Å². The summed E-state index contributed by atoms with van der Waals surface area (Å²) in [6.45, 7) is 5.33. The lowest BCUT2D eigenvalue weighted by molar-refractivity contribution is 0.0952. The van der Waals surface area contributed by atoms with Crippen LogP contribution in [0, 0.1) is 5.92 Å². The van der Waals surface area contributed by atoms with Crippen molar-refractivity contribution in [1.29, 1.82) is 0 Å². The molecule has 0 aromatic heterocycles. The highest BCUT2D eigenvalue weighted by Crippen LogP contribution is 2.30. The van der Waals surface area contributed by atoms with E-state index in [1.54, 1.807) is 0 Å². The molecular formula is C18H26N4O. The lowest BCUT2D eigenvalue weighted by Crippen LogP contribution is -2.38. The quantitative estimate of drug-likeness (QED) is 0.830. The van der Waals surface area contributed by atoms with E-state index in [-0.39, 0.29) is 5.91 Å². The van der Waals surface area contributed by atoms with Gasteiger partial charge in [0.15, 0.2) is 0 Å². The predicted molar refractivity (Wildman–Crippen MR) is 92.7 cm³/mol. The summed E-state index contributed by atoms with van der Waals surface area (Å²) in [6, 6.07) is 6.55. The molecule has 5 nitrogen and oxygen atoms in total. The Kier molecular flexibility index (Phi) is 3.89. The van der Waals surface area contributed by atoms with Crippen LogP contribution in [0.1, 0.15) is 36.0 Å². The van der Waals surface area contributed by atoms with Crippen molar-refractivity contribution in [2.75, 3.05) is 43.4 Å². The number of carbonyl (C=O) groups excluding carboxylic acids is 1. The third kappa shape index (κ3) is 3.15. The number of nitrogens with two attached hydrogens (primary N) is 1. The Balaban J connectivity index is 1.54. The lowest BCUT2D eigenvalue weighted by Gasteiger charge is -2.33. The zero-order chi connectivity index (χ0) is 15.8. The van der Waals surface area contributed by atoms with E-state index in [0.29, 0.717) is 23.2 Å². The van der Waals surface area contributed by atoms with Crippen LogP contribution in [0.4, 0.5) is 11.4 Å². The largest absolute Gasteiger partial charge is 0.398 e. The summed E-state index contributed by atoms with van der Waals surface area (Å²) in [5.41, 5.74) is 8.40. The number of benzene rings is 1. The molecule has 1 aromatic rings. The summed E-state index contributed by atoms with van der Waals surface area (Å²) >= 11 is 0. The van der Waals surface area contributed by atoms with Crippen LogP contribution in [0.3, 0.4) is 0 Å². The Labute approximate surface area is 137 Å². The fraction of sp³-hybridized carbons (Fsp3) is 0.611. The third-order valence-corrected chi connectivity index (χ3v) is 5.52. The number of amides is 1. The van der Waals surface area contributed by atoms with Crippen LogP contribution >= 0.6 is 0 Å². The van der Waals surface area contributed by atoms with Gasteiger partial charge in [-0.15, -0.1) is 0 Å². The molecule has 0 spiro atoms. The van der Waals surface area contributed by atoms with E-state index in [0.717, 1.165) is 25.3 Å². The summed E-state index contributed by atoms with van der Waals surface area (Å²) in [5, 5.41) is 3.03. The molecule has 1 saturated carbocycles. The van der Waals surface area contributed by atoms with Gasteiger partial charge in [-0.05, 0) is 49.8 Å². The van der Waals surface area contributed by atoms with Gasteiger partial charge in [0, 0.05) is 50.1 Å². The number of anilines is 2. The summed E-state index contributed by atoms with van der Waals surface area (Å²) in [4.78, 5) is 17.5. The average molecular weight is 314 g/mol. The second-order valence-corrected chi connectivity index (χ2v) is 7.19. The Morgan fingerprint density at radius 1 is 1.13 bits per heavy atom. The van der Waals surface area contributed by atoms with Gasteiger partial charge >= 0.3 is 0 Å². The second kappa shape index (κ2) is 6.04. The molecule has 3 aliphatic heterocycles. The highest BCUT2D eigenvalue weighted by Gasteiger charge is 2.29. The molecule has 3 saturated heterocycles. The zero-order valence-electron chi connectivity index (χ0n) is 13.6. The number of nitrogens with zero attached hydrogens (tertiary/aromatic N) is 2. The Morgan fingerprint density at radius 2 is 1.91 bits per heavy atom. The van der Waals surface area contributed by atoms with Gasteiger partial charge in [-0.25, -0.2) is 0 Å². The van der Waals surface area contributed by atoms with Gasteiger partial charge in [-0.2, -0.15) is 0 Å². The van der Waals surface area contributed by atoms with Gasteiger partial charge in [0.1, 0.15) is 0 Å². The van der Waals surface area contributed by atoms with Crippen molar-refractivity contribution >= 4 is 17.3 Å². The van der Waals surface area contributed by atoms with Gasteiger partial charge < -0.3 is 20.9 Å². The lowest BCUT2D eigenvalue weighted by atomic mass is 10.0. The monoisotopic (exact) mass is 314 g/mol. The Bertz CT molecular complexity index is 591. The van der Waals surface area contributed by atoms with Crippen LogP contribution < -0.4 is 16.0 Å². The molecule has 3 N–H and O–H groups in total. The molecule has 2 bridgehead atoms. The van der Waals surface area contributed by atoms with Crippen molar-refractivity contribution in [3.8, 4) is 0 Å². The van der Waals surface area contributed by atoms with Crippen LogP contribution in [0.5, 0.6) is 0 Å². The minimum atomic E-state index is -0.0286. The number of rotatable bonds is 4. The molecule has 1 aliphatic carbocycles. The smallest absolute Gasteiger partial charge is 0.253 e. The van der Waals surface area contributed by atoms with Crippen molar-refractivity contribution in [1.82, 2.24) is 10.2 Å². The maximum Gasteiger partial charge on any atom is 0.253 e. The highest BCUT2D eigenvalue weighted by molar-refractivity contribution is 6.00. The van der Waals surface area contributed by atoms with Crippen LogP contribution in [-0.4, -0.2) is 49.6 Å². The minimum Gasteiger partial charge on any atom is -0.398 e. The summed E-state index contributed by atoms with van der Waals surface area (Å²) in [5.74, 6) is 0.651. The van der Waals surface area contributed by atoms with Gasteiger partial charge in [0.05, 0.1) is 5.56 Å². The number of nitrogens with one attached hydrogen (secondary N) is 1. The van der Waals surface area contributed by atoms with E-state index in [1.807, 2.05) is 12.1 Å². The number of hydrogen-bond acceptors (Lipinski definition) is 4. The molecule has 124 valence electrons. The maximum absolute atomic E-state index is 12.4. The van der Waals surface area contributed by atoms with Gasteiger partial charge in [0.2, 0.25) is 0 Å². The van der Waals surface area contributed by atoms with E-state index >= 15 is 0 Å². The first-order valence-corrected chi connectivity index (χ1v) is 8.87. The van der Waals surface area contributed by atoms with Crippen molar-refractivity contribution in [2.45, 2.75) is 31.7 Å². The van der Waals surface area contributed by atoms with E-state index in [1.165, 1.54) is 38.8 Å². The van der Waals surface area contributed by atoms with Crippen molar-refractivity contribution in [3.63, 3.8) is 0 Å². The van der Waals surface area contributed by atoms with Crippen LogP contribution in [0.15, 0.2) is 18.2 Å². The van der Waals surface area contributed by atoms with E-state index < -0.39 is 0 Å². The fourth-order valence-corrected chi connectivity index (χ4v) is 3.80. The minimum absolute atomic E-state index is 0.0286. The number of carbonyl (C=O) groups is 1. The van der Waals surface area contributed by atoms with Gasteiger partial charge in [0.25, 0.3) is 5.91 Å². The predicted octanol–water partition coefficient (Wildman–Crippen LogP) is 1.69. The SMILES string of the molecule is Nc1ccc(N2CCN3CCC2CC3)cc1C(=O)NCC1CC1. The molecule has 23 heavy (non-hydrogen) atoms. The molecule has 0 unspecified atom stereocenters. The molecule has 1 amide bonds. The number of piperidine rings is 1. The van der Waals surface area contributed by atoms with Crippen LogP contribution in [0.25, 0.3) is 0 Å². The molecule has 1 aromatic carbocycles. The standard InChI is InChI=1S/C18H26N4O/c19-17-4-3-15(11-16(17)18(23)20-12-13-1-2-13)22-10-9-21-7-5-14(22)6-8-21/h3-4,11,13-14H,1-2,5-10,12,19H2,(H,20,23).